The van der Waals surface area contributed by atoms with Crippen LogP contribution in [0.3, 0.4) is 0 Å². The molecule has 0 aliphatic heterocycles. The van der Waals surface area contributed by atoms with Crippen molar-refractivity contribution in [1.82, 2.24) is 4.98 Å². The largest absolute Gasteiger partial charge is 0.497 e. The van der Waals surface area contributed by atoms with Gasteiger partial charge in [-0.2, -0.15) is 0 Å². The summed E-state index contributed by atoms with van der Waals surface area (Å²) in [5.74, 6) is 0.587. The summed E-state index contributed by atoms with van der Waals surface area (Å²) in [6, 6.07) is 8.21. The third-order valence-corrected chi connectivity index (χ3v) is 2.69. The van der Waals surface area contributed by atoms with Gasteiger partial charge >= 0.3 is 5.97 Å². The molecule has 1 aromatic heterocycles. The fourth-order valence-electron chi connectivity index (χ4n) is 1.67. The van der Waals surface area contributed by atoms with Crippen LogP contribution in [0.5, 0.6) is 17.4 Å². The van der Waals surface area contributed by atoms with Gasteiger partial charge in [-0.3, -0.25) is 0 Å². The minimum Gasteiger partial charge on any atom is -0.497 e. The molecule has 0 aliphatic carbocycles. The molecule has 0 radical (unpaired) electrons. The second-order valence-corrected chi connectivity index (χ2v) is 4.08. The Kier molecular flexibility index (Phi) is 4.61. The van der Waals surface area contributed by atoms with Gasteiger partial charge in [-0.25, -0.2) is 9.78 Å². The number of pyridine rings is 1. The standard InChI is InChI=1S/C15H16N2O4/c1-3-20-15(18)11-5-4-8-17-14(11)21-13-9-10(19-2)6-7-12(13)16/h4-9H,3,16H2,1-2H3. The maximum Gasteiger partial charge on any atom is 0.343 e. The average molecular weight is 288 g/mol. The molecular formula is C15H16N2O4. The van der Waals surface area contributed by atoms with Crippen LogP contribution in [0.15, 0.2) is 36.5 Å². The summed E-state index contributed by atoms with van der Waals surface area (Å²) < 4.78 is 15.7. The molecule has 21 heavy (non-hydrogen) atoms. The van der Waals surface area contributed by atoms with E-state index in [2.05, 4.69) is 4.98 Å². The number of benzene rings is 1. The molecule has 0 atom stereocenters. The van der Waals surface area contributed by atoms with E-state index in [-0.39, 0.29) is 18.1 Å². The first-order valence-corrected chi connectivity index (χ1v) is 6.39. The molecular weight excluding hydrogens is 272 g/mol. The molecule has 0 aliphatic rings. The number of nitrogens with zero attached hydrogens (tertiary/aromatic N) is 1. The number of methoxy groups -OCH3 is 1. The Balaban J connectivity index is 2.33. The van der Waals surface area contributed by atoms with Gasteiger partial charge in [0.15, 0.2) is 5.75 Å². The molecule has 6 nitrogen and oxygen atoms in total. The number of hydrogen-bond acceptors (Lipinski definition) is 6. The first-order valence-electron chi connectivity index (χ1n) is 6.39. The van der Waals surface area contributed by atoms with Gasteiger partial charge in [0.05, 0.1) is 19.4 Å². The molecule has 1 aromatic carbocycles. The van der Waals surface area contributed by atoms with E-state index in [1.54, 1.807) is 44.4 Å². The highest BCUT2D eigenvalue weighted by atomic mass is 16.5. The number of nitrogen functional groups attached to an aromatic ring is 1. The van der Waals surface area contributed by atoms with Gasteiger partial charge in [0.25, 0.3) is 0 Å². The van der Waals surface area contributed by atoms with Crippen LogP contribution in [0.4, 0.5) is 5.69 Å². The molecule has 0 fully saturated rings. The maximum absolute atomic E-state index is 11.9. The topological polar surface area (TPSA) is 83.7 Å². The lowest BCUT2D eigenvalue weighted by molar-refractivity contribution is 0.0522. The predicted octanol–water partition coefficient (Wildman–Crippen LogP) is 2.64. The van der Waals surface area contributed by atoms with Gasteiger partial charge in [-0.1, -0.05) is 0 Å². The van der Waals surface area contributed by atoms with E-state index in [1.165, 1.54) is 6.20 Å². The lowest BCUT2D eigenvalue weighted by Crippen LogP contribution is -2.07. The molecule has 110 valence electrons. The Hall–Kier alpha value is -2.76. The predicted molar refractivity (Wildman–Crippen MR) is 77.7 cm³/mol. The third kappa shape index (κ3) is 3.42. The minimum atomic E-state index is -0.498. The van der Waals surface area contributed by atoms with Gasteiger partial charge in [-0.05, 0) is 31.2 Å². The number of hydrogen-bond donors (Lipinski definition) is 1. The summed E-state index contributed by atoms with van der Waals surface area (Å²) in [6.07, 6.45) is 1.52. The van der Waals surface area contributed by atoms with Crippen molar-refractivity contribution in [1.29, 1.82) is 0 Å². The van der Waals surface area contributed by atoms with Crippen molar-refractivity contribution in [2.75, 3.05) is 19.5 Å². The highest BCUT2D eigenvalue weighted by molar-refractivity contribution is 5.91. The monoisotopic (exact) mass is 288 g/mol. The van der Waals surface area contributed by atoms with Gasteiger partial charge < -0.3 is 19.9 Å². The number of carbonyl (C=O) groups excluding carboxylic acids is 1. The van der Waals surface area contributed by atoms with Crippen molar-refractivity contribution in [3.8, 4) is 17.4 Å². The lowest BCUT2D eigenvalue weighted by atomic mass is 10.2. The van der Waals surface area contributed by atoms with E-state index in [1.807, 2.05) is 0 Å². The number of esters is 1. The minimum absolute atomic E-state index is 0.135. The summed E-state index contributed by atoms with van der Waals surface area (Å²) in [7, 11) is 1.54. The van der Waals surface area contributed by atoms with Crippen LogP contribution in [-0.2, 0) is 4.74 Å². The van der Waals surface area contributed by atoms with Crippen molar-refractivity contribution < 1.29 is 19.0 Å². The van der Waals surface area contributed by atoms with Gasteiger partial charge in [0.1, 0.15) is 11.3 Å². The Morgan fingerprint density at radius 2 is 2.14 bits per heavy atom. The molecule has 2 N–H and O–H groups in total. The van der Waals surface area contributed by atoms with E-state index >= 15 is 0 Å². The molecule has 2 aromatic rings. The van der Waals surface area contributed by atoms with Crippen LogP contribution in [0.2, 0.25) is 0 Å². The Labute approximate surface area is 122 Å². The van der Waals surface area contributed by atoms with Gasteiger partial charge in [0, 0.05) is 12.3 Å². The van der Waals surface area contributed by atoms with E-state index in [0.717, 1.165) is 0 Å². The molecule has 0 spiro atoms. The van der Waals surface area contributed by atoms with Crippen LogP contribution in [0, 0.1) is 0 Å². The van der Waals surface area contributed by atoms with Crippen LogP contribution >= 0.6 is 0 Å². The highest BCUT2D eigenvalue weighted by Crippen LogP contribution is 2.31. The fraction of sp³-hybridized carbons (Fsp3) is 0.200. The number of ether oxygens (including phenoxy) is 3. The zero-order chi connectivity index (χ0) is 15.2. The quantitative estimate of drug-likeness (QED) is 0.672. The number of aromatic nitrogens is 1. The van der Waals surface area contributed by atoms with Gasteiger partial charge in [0.2, 0.25) is 5.88 Å². The van der Waals surface area contributed by atoms with Crippen LogP contribution in [0.1, 0.15) is 17.3 Å². The summed E-state index contributed by atoms with van der Waals surface area (Å²) in [5.41, 5.74) is 6.50. The average Bonchev–Trinajstić information content (AvgIpc) is 2.50. The molecule has 0 amide bonds. The number of anilines is 1. The van der Waals surface area contributed by atoms with E-state index in [4.69, 9.17) is 19.9 Å². The molecule has 0 unspecified atom stereocenters. The number of rotatable bonds is 5. The third-order valence-electron chi connectivity index (χ3n) is 2.69. The summed E-state index contributed by atoms with van der Waals surface area (Å²) in [6.45, 7) is 2.00. The van der Waals surface area contributed by atoms with Crippen molar-refractivity contribution >= 4 is 11.7 Å². The molecule has 1 heterocycles. The molecule has 2 rings (SSSR count). The second-order valence-electron chi connectivity index (χ2n) is 4.08. The van der Waals surface area contributed by atoms with Gasteiger partial charge in [-0.15, -0.1) is 0 Å². The van der Waals surface area contributed by atoms with Crippen LogP contribution in [-0.4, -0.2) is 24.7 Å². The van der Waals surface area contributed by atoms with Crippen molar-refractivity contribution in [3.05, 3.63) is 42.1 Å². The first kappa shape index (κ1) is 14.6. The Bertz CT molecular complexity index is 643. The van der Waals surface area contributed by atoms with E-state index in [0.29, 0.717) is 17.2 Å². The zero-order valence-electron chi connectivity index (χ0n) is 11.8. The highest BCUT2D eigenvalue weighted by Gasteiger charge is 2.16. The smallest absolute Gasteiger partial charge is 0.343 e. The number of carbonyl (C=O) groups is 1. The SMILES string of the molecule is CCOC(=O)c1cccnc1Oc1cc(OC)ccc1N. The van der Waals surface area contributed by atoms with Crippen molar-refractivity contribution in [2.45, 2.75) is 6.92 Å². The molecule has 0 saturated heterocycles. The molecule has 0 saturated carbocycles. The lowest BCUT2D eigenvalue weighted by Gasteiger charge is -2.11. The van der Waals surface area contributed by atoms with E-state index in [9.17, 15) is 4.79 Å². The first-order chi connectivity index (χ1) is 10.2. The Morgan fingerprint density at radius 1 is 1.33 bits per heavy atom. The van der Waals surface area contributed by atoms with E-state index < -0.39 is 5.97 Å². The zero-order valence-corrected chi connectivity index (χ0v) is 11.8. The molecule has 6 heteroatoms. The van der Waals surface area contributed by atoms with Crippen LogP contribution in [0.25, 0.3) is 0 Å². The summed E-state index contributed by atoms with van der Waals surface area (Å²) >= 11 is 0. The number of nitrogens with two attached hydrogens (primary N) is 1. The Morgan fingerprint density at radius 3 is 2.86 bits per heavy atom. The normalized spacial score (nSPS) is 10.0. The second kappa shape index (κ2) is 6.60. The fourth-order valence-corrected chi connectivity index (χ4v) is 1.67. The van der Waals surface area contributed by atoms with Crippen molar-refractivity contribution in [2.24, 2.45) is 0 Å². The summed E-state index contributed by atoms with van der Waals surface area (Å²) in [5, 5.41) is 0. The van der Waals surface area contributed by atoms with Crippen molar-refractivity contribution in [3.63, 3.8) is 0 Å². The summed E-state index contributed by atoms with van der Waals surface area (Å²) in [4.78, 5) is 15.9. The maximum atomic E-state index is 11.9. The molecule has 0 bridgehead atoms. The van der Waals surface area contributed by atoms with Crippen LogP contribution < -0.4 is 15.2 Å².